The maximum Gasteiger partial charge on any atom is 0.235 e. The monoisotopic (exact) mass is 365 g/mol. The first kappa shape index (κ1) is 19.2. The molecule has 0 aliphatic carbocycles. The Labute approximate surface area is 161 Å². The van der Waals surface area contributed by atoms with E-state index in [0.717, 1.165) is 37.2 Å². The molecule has 1 unspecified atom stereocenters. The number of amides is 1. The van der Waals surface area contributed by atoms with Gasteiger partial charge in [0.05, 0.1) is 0 Å². The van der Waals surface area contributed by atoms with Crippen LogP contribution < -0.4 is 4.74 Å². The minimum atomic E-state index is -1.03. The molecule has 4 nitrogen and oxygen atoms in total. The Morgan fingerprint density at radius 3 is 2.26 bits per heavy atom. The third-order valence-corrected chi connectivity index (χ3v) is 5.27. The van der Waals surface area contributed by atoms with Gasteiger partial charge in [-0.3, -0.25) is 9.59 Å². The molecule has 1 amide bonds. The van der Waals surface area contributed by atoms with Crippen LogP contribution in [0.15, 0.2) is 54.6 Å². The molecule has 142 valence electrons. The molecule has 1 atom stereocenters. The first-order chi connectivity index (χ1) is 12.9. The number of ether oxygens (including phenoxy) is 1. The zero-order valence-electron chi connectivity index (χ0n) is 16.3. The van der Waals surface area contributed by atoms with Crippen LogP contribution in [0.2, 0.25) is 0 Å². The van der Waals surface area contributed by atoms with Crippen molar-refractivity contribution in [3.05, 3.63) is 60.2 Å². The van der Waals surface area contributed by atoms with E-state index in [1.807, 2.05) is 66.4 Å². The lowest BCUT2D eigenvalue weighted by Gasteiger charge is -2.30. The molecule has 0 aromatic heterocycles. The van der Waals surface area contributed by atoms with Crippen LogP contribution in [-0.2, 0) is 9.59 Å². The van der Waals surface area contributed by atoms with Crippen molar-refractivity contribution < 1.29 is 14.3 Å². The quantitative estimate of drug-likeness (QED) is 0.691. The van der Waals surface area contributed by atoms with Gasteiger partial charge in [-0.1, -0.05) is 37.3 Å². The van der Waals surface area contributed by atoms with Gasteiger partial charge in [-0.15, -0.1) is 0 Å². The van der Waals surface area contributed by atoms with E-state index in [9.17, 15) is 9.59 Å². The van der Waals surface area contributed by atoms with Crippen molar-refractivity contribution in [2.75, 3.05) is 13.1 Å². The topological polar surface area (TPSA) is 46.6 Å². The lowest BCUT2D eigenvalue weighted by Crippen LogP contribution is -2.45. The number of ketones is 1. The number of hydrogen-bond acceptors (Lipinski definition) is 3. The predicted molar refractivity (Wildman–Crippen MR) is 106 cm³/mol. The summed E-state index contributed by atoms with van der Waals surface area (Å²) in [5.74, 6) is 0.927. The predicted octanol–water partition coefficient (Wildman–Crippen LogP) is 4.80. The number of carbonyl (C=O) groups is 2. The highest BCUT2D eigenvalue weighted by Crippen LogP contribution is 2.32. The van der Waals surface area contributed by atoms with Crippen molar-refractivity contribution in [1.82, 2.24) is 4.90 Å². The van der Waals surface area contributed by atoms with Crippen LogP contribution in [0.25, 0.3) is 0 Å². The molecule has 1 saturated heterocycles. The molecular weight excluding hydrogens is 338 g/mol. The summed E-state index contributed by atoms with van der Waals surface area (Å²) in [5, 5.41) is 0. The van der Waals surface area contributed by atoms with E-state index in [1.165, 1.54) is 0 Å². The number of carbonyl (C=O) groups excluding carboxylic acids is 2. The van der Waals surface area contributed by atoms with Crippen LogP contribution in [-0.4, -0.2) is 29.7 Å². The minimum Gasteiger partial charge on any atom is -0.457 e. The largest absolute Gasteiger partial charge is 0.457 e. The van der Waals surface area contributed by atoms with E-state index in [-0.39, 0.29) is 17.6 Å². The summed E-state index contributed by atoms with van der Waals surface area (Å²) in [6.07, 6.45) is 2.04. The fourth-order valence-electron chi connectivity index (χ4n) is 3.59. The van der Waals surface area contributed by atoms with Crippen LogP contribution in [0.1, 0.15) is 45.1 Å². The van der Waals surface area contributed by atoms with Gasteiger partial charge in [0.2, 0.25) is 5.91 Å². The molecule has 2 aromatic carbocycles. The number of para-hydroxylation sites is 1. The van der Waals surface area contributed by atoms with Gasteiger partial charge in [0.1, 0.15) is 16.9 Å². The molecule has 0 spiro atoms. The second kappa shape index (κ2) is 7.95. The van der Waals surface area contributed by atoms with E-state index in [1.54, 1.807) is 13.8 Å². The normalized spacial score (nSPS) is 15.4. The highest BCUT2D eigenvalue weighted by Gasteiger charge is 2.42. The number of benzene rings is 2. The number of nitrogens with zero attached hydrogens (tertiary/aromatic N) is 1. The van der Waals surface area contributed by atoms with Gasteiger partial charge < -0.3 is 9.64 Å². The number of rotatable bonds is 6. The van der Waals surface area contributed by atoms with Crippen molar-refractivity contribution in [2.24, 2.45) is 5.41 Å². The van der Waals surface area contributed by atoms with Crippen molar-refractivity contribution in [3.8, 4) is 11.5 Å². The average molecular weight is 365 g/mol. The second-order valence-electron chi connectivity index (χ2n) is 7.70. The van der Waals surface area contributed by atoms with Crippen LogP contribution in [0.4, 0.5) is 0 Å². The summed E-state index contributed by atoms with van der Waals surface area (Å²) >= 11 is 0. The summed E-state index contributed by atoms with van der Waals surface area (Å²) in [5.41, 5.74) is -0.171. The molecule has 1 aliphatic rings. The van der Waals surface area contributed by atoms with Crippen LogP contribution in [0, 0.1) is 5.41 Å². The lowest BCUT2D eigenvalue weighted by atomic mass is 9.78. The smallest absolute Gasteiger partial charge is 0.235 e. The summed E-state index contributed by atoms with van der Waals surface area (Å²) < 4.78 is 5.88. The van der Waals surface area contributed by atoms with E-state index in [2.05, 4.69) is 0 Å². The lowest BCUT2D eigenvalue weighted by molar-refractivity contribution is -0.147. The molecule has 2 aromatic rings. The van der Waals surface area contributed by atoms with Crippen LogP contribution in [0.3, 0.4) is 0 Å². The zero-order chi connectivity index (χ0) is 19.4. The third-order valence-electron chi connectivity index (χ3n) is 5.27. The van der Waals surface area contributed by atoms with Gasteiger partial charge in [-0.2, -0.15) is 0 Å². The van der Waals surface area contributed by atoms with Gasteiger partial charge in [-0.05, 0) is 56.5 Å². The van der Waals surface area contributed by atoms with Crippen LogP contribution in [0.5, 0.6) is 11.5 Å². The maximum atomic E-state index is 13.1. The fourth-order valence-corrected chi connectivity index (χ4v) is 3.59. The average Bonchev–Trinajstić information content (AvgIpc) is 3.22. The molecule has 3 rings (SSSR count). The minimum absolute atomic E-state index is 0.0590. The van der Waals surface area contributed by atoms with Gasteiger partial charge in [0.25, 0.3) is 0 Å². The Morgan fingerprint density at radius 2 is 1.59 bits per heavy atom. The molecule has 27 heavy (non-hydrogen) atoms. The number of Topliss-reactive ketones (excluding diaryl/α,β-unsaturated/α-hetero) is 1. The molecule has 0 N–H and O–H groups in total. The van der Waals surface area contributed by atoms with Gasteiger partial charge >= 0.3 is 0 Å². The van der Waals surface area contributed by atoms with E-state index < -0.39 is 5.41 Å². The molecule has 0 bridgehead atoms. The number of likely N-dealkylation sites (tertiary alicyclic amines) is 1. The molecule has 1 heterocycles. The number of hydrogen-bond donors (Lipinski definition) is 0. The van der Waals surface area contributed by atoms with Gasteiger partial charge in [0, 0.05) is 19.0 Å². The first-order valence-corrected chi connectivity index (χ1v) is 9.56. The molecule has 1 fully saturated rings. The van der Waals surface area contributed by atoms with E-state index in [4.69, 9.17) is 4.74 Å². The van der Waals surface area contributed by atoms with Gasteiger partial charge in [0.15, 0.2) is 5.78 Å². The Morgan fingerprint density at radius 1 is 0.963 bits per heavy atom. The summed E-state index contributed by atoms with van der Waals surface area (Å²) in [6.45, 7) is 6.87. The first-order valence-electron chi connectivity index (χ1n) is 9.56. The van der Waals surface area contributed by atoms with Gasteiger partial charge in [-0.25, -0.2) is 0 Å². The molecule has 4 heteroatoms. The zero-order valence-corrected chi connectivity index (χ0v) is 16.3. The van der Waals surface area contributed by atoms with Crippen molar-refractivity contribution in [3.63, 3.8) is 0 Å². The molecular formula is C23H27NO3. The fraction of sp³-hybridized carbons (Fsp3) is 0.391. The second-order valence-corrected chi connectivity index (χ2v) is 7.70. The molecule has 1 aliphatic heterocycles. The third kappa shape index (κ3) is 4.21. The van der Waals surface area contributed by atoms with E-state index in [0.29, 0.717) is 5.75 Å². The summed E-state index contributed by atoms with van der Waals surface area (Å²) in [7, 11) is 0. The van der Waals surface area contributed by atoms with Crippen LogP contribution >= 0.6 is 0 Å². The standard InChI is InChI=1S/C23H27NO3/c1-17(21(25)23(2,3)22(26)24-14-7-8-15-24)18-10-9-13-20(16-18)27-19-11-5-4-6-12-19/h4-6,9-13,16-17H,7-8,14-15H2,1-3H3. The SMILES string of the molecule is CC(C(=O)C(C)(C)C(=O)N1CCCC1)c1cccc(Oc2ccccc2)c1. The Hall–Kier alpha value is -2.62. The highest BCUT2D eigenvalue weighted by atomic mass is 16.5. The Balaban J connectivity index is 1.76. The Kier molecular flexibility index (Phi) is 5.64. The summed E-state index contributed by atoms with van der Waals surface area (Å²) in [6, 6.07) is 17.1. The summed E-state index contributed by atoms with van der Waals surface area (Å²) in [4.78, 5) is 27.8. The van der Waals surface area contributed by atoms with E-state index >= 15 is 0 Å². The highest BCUT2D eigenvalue weighted by molar-refractivity contribution is 6.07. The maximum absolute atomic E-state index is 13.1. The molecule has 0 radical (unpaired) electrons. The van der Waals surface area contributed by atoms with Crippen molar-refractivity contribution in [1.29, 1.82) is 0 Å². The van der Waals surface area contributed by atoms with Crippen molar-refractivity contribution in [2.45, 2.75) is 39.5 Å². The van der Waals surface area contributed by atoms with Crippen molar-refractivity contribution >= 4 is 11.7 Å². The molecule has 0 saturated carbocycles. The Bertz CT molecular complexity index is 807.